The second-order valence-corrected chi connectivity index (χ2v) is 5.50. The van der Waals surface area contributed by atoms with Crippen molar-refractivity contribution in [1.29, 1.82) is 0 Å². The molecule has 0 fully saturated rings. The largest absolute Gasteiger partial charge is 0.466 e. The first-order valence-electron chi connectivity index (χ1n) is 7.95. The highest BCUT2D eigenvalue weighted by Crippen LogP contribution is 2.29. The Morgan fingerprint density at radius 3 is 2.42 bits per heavy atom. The first kappa shape index (κ1) is 16.0. The number of hydrogen-bond donors (Lipinski definition) is 0. The summed E-state index contributed by atoms with van der Waals surface area (Å²) >= 11 is 0. The number of ether oxygens (including phenoxy) is 1. The summed E-state index contributed by atoms with van der Waals surface area (Å²) in [5.41, 5.74) is 3.64. The lowest BCUT2D eigenvalue weighted by atomic mass is 10.1. The van der Waals surface area contributed by atoms with Gasteiger partial charge in [-0.25, -0.2) is 4.98 Å². The van der Waals surface area contributed by atoms with Gasteiger partial charge in [0.1, 0.15) is 17.9 Å². The van der Waals surface area contributed by atoms with Crippen molar-refractivity contribution in [1.82, 2.24) is 4.98 Å². The van der Waals surface area contributed by atoms with Gasteiger partial charge in [-0.2, -0.15) is 0 Å². The van der Waals surface area contributed by atoms with Crippen LogP contribution in [-0.4, -0.2) is 17.6 Å². The van der Waals surface area contributed by atoms with E-state index in [1.165, 1.54) is 0 Å². The molecule has 0 aliphatic heterocycles. The van der Waals surface area contributed by atoms with Gasteiger partial charge >= 0.3 is 5.97 Å². The van der Waals surface area contributed by atoms with Crippen LogP contribution in [0, 0.1) is 6.92 Å². The van der Waals surface area contributed by atoms with E-state index in [4.69, 9.17) is 9.15 Å². The van der Waals surface area contributed by atoms with E-state index in [0.29, 0.717) is 24.0 Å². The van der Waals surface area contributed by atoms with Gasteiger partial charge in [-0.05, 0) is 26.0 Å². The third-order valence-corrected chi connectivity index (χ3v) is 3.65. The molecule has 0 N–H and O–H groups in total. The lowest BCUT2D eigenvalue weighted by molar-refractivity contribution is -0.142. The molecule has 2 aromatic carbocycles. The molecule has 4 nitrogen and oxygen atoms in total. The maximum absolute atomic E-state index is 11.9. The summed E-state index contributed by atoms with van der Waals surface area (Å²) in [7, 11) is 0. The van der Waals surface area contributed by atoms with Crippen LogP contribution >= 0.6 is 0 Å². The van der Waals surface area contributed by atoms with Crippen LogP contribution in [0.5, 0.6) is 0 Å². The van der Waals surface area contributed by atoms with Gasteiger partial charge in [0.25, 0.3) is 0 Å². The lowest BCUT2D eigenvalue weighted by Gasteiger charge is -2.02. The third kappa shape index (κ3) is 3.54. The van der Waals surface area contributed by atoms with E-state index < -0.39 is 0 Å². The minimum atomic E-state index is -0.318. The summed E-state index contributed by atoms with van der Waals surface area (Å²) in [6.07, 6.45) is 0.0664. The summed E-state index contributed by atoms with van der Waals surface area (Å²) in [6.45, 7) is 4.16. The summed E-state index contributed by atoms with van der Waals surface area (Å²) in [4.78, 5) is 16.5. The number of esters is 1. The normalized spacial score (nSPS) is 10.6. The Morgan fingerprint density at radius 2 is 1.75 bits per heavy atom. The van der Waals surface area contributed by atoms with Crippen LogP contribution < -0.4 is 0 Å². The molecule has 0 unspecified atom stereocenters. The van der Waals surface area contributed by atoms with E-state index in [1.807, 2.05) is 61.5 Å². The zero-order valence-corrected chi connectivity index (χ0v) is 13.8. The smallest absolute Gasteiger partial charge is 0.313 e. The van der Waals surface area contributed by atoms with Crippen molar-refractivity contribution >= 4 is 5.97 Å². The first-order valence-corrected chi connectivity index (χ1v) is 7.95. The molecular formula is C20H19NO3. The van der Waals surface area contributed by atoms with Crippen molar-refractivity contribution in [3.05, 3.63) is 65.9 Å². The van der Waals surface area contributed by atoms with E-state index in [2.05, 4.69) is 4.98 Å². The highest BCUT2D eigenvalue weighted by Gasteiger charge is 2.19. The minimum Gasteiger partial charge on any atom is -0.466 e. The summed E-state index contributed by atoms with van der Waals surface area (Å²) in [5.74, 6) is 0.711. The molecule has 0 atom stereocenters. The second kappa shape index (κ2) is 7.13. The third-order valence-electron chi connectivity index (χ3n) is 3.65. The number of carbonyl (C=O) groups excluding carboxylic acids is 1. The maximum Gasteiger partial charge on any atom is 0.313 e. The number of aromatic nitrogens is 1. The van der Waals surface area contributed by atoms with Crippen molar-refractivity contribution in [3.63, 3.8) is 0 Å². The fraction of sp³-hybridized carbons (Fsp3) is 0.200. The molecule has 122 valence electrons. The van der Waals surface area contributed by atoms with E-state index in [1.54, 1.807) is 6.92 Å². The molecule has 0 amide bonds. The molecule has 4 heteroatoms. The lowest BCUT2D eigenvalue weighted by Crippen LogP contribution is -2.07. The number of aryl methyl sites for hydroxylation is 1. The molecule has 24 heavy (non-hydrogen) atoms. The predicted molar refractivity (Wildman–Crippen MR) is 92.4 cm³/mol. The van der Waals surface area contributed by atoms with Gasteiger partial charge in [-0.1, -0.05) is 48.0 Å². The number of benzene rings is 2. The molecule has 0 spiro atoms. The predicted octanol–water partition coefficient (Wildman–Crippen LogP) is 4.42. The van der Waals surface area contributed by atoms with Gasteiger partial charge in [-0.15, -0.1) is 0 Å². The van der Waals surface area contributed by atoms with Crippen LogP contribution in [0.25, 0.3) is 22.7 Å². The minimum absolute atomic E-state index is 0.0664. The van der Waals surface area contributed by atoms with Crippen molar-refractivity contribution in [2.75, 3.05) is 6.61 Å². The number of oxazole rings is 1. The molecule has 3 rings (SSSR count). The Hall–Kier alpha value is -2.88. The molecule has 3 aromatic rings. The Balaban J connectivity index is 2.02. The second-order valence-electron chi connectivity index (χ2n) is 5.50. The molecule has 0 saturated carbocycles. The fourth-order valence-electron chi connectivity index (χ4n) is 2.46. The van der Waals surface area contributed by atoms with Gasteiger partial charge in [0.2, 0.25) is 5.89 Å². The van der Waals surface area contributed by atoms with Crippen LogP contribution in [0.4, 0.5) is 0 Å². The van der Waals surface area contributed by atoms with Gasteiger partial charge in [0.15, 0.2) is 0 Å². The summed E-state index contributed by atoms with van der Waals surface area (Å²) in [6, 6.07) is 17.6. The van der Waals surface area contributed by atoms with Crippen molar-refractivity contribution in [2.45, 2.75) is 20.3 Å². The molecule has 1 heterocycles. The zero-order chi connectivity index (χ0) is 16.9. The van der Waals surface area contributed by atoms with Crippen LogP contribution in [0.3, 0.4) is 0 Å². The zero-order valence-electron chi connectivity index (χ0n) is 13.8. The van der Waals surface area contributed by atoms with Gasteiger partial charge in [0.05, 0.1) is 6.61 Å². The number of carbonyl (C=O) groups is 1. The maximum atomic E-state index is 11.9. The average Bonchev–Trinajstić information content (AvgIpc) is 3.00. The summed E-state index contributed by atoms with van der Waals surface area (Å²) in [5, 5.41) is 0. The quantitative estimate of drug-likeness (QED) is 0.653. The highest BCUT2D eigenvalue weighted by molar-refractivity contribution is 5.76. The Bertz CT molecular complexity index is 820. The first-order chi connectivity index (χ1) is 11.7. The standard InChI is InChI=1S/C20H19NO3/c1-3-23-18(22)13-17-19(15-11-9-14(2)10-12-15)21-20(24-17)16-7-5-4-6-8-16/h4-12H,3,13H2,1-2H3. The molecule has 0 aliphatic carbocycles. The number of hydrogen-bond acceptors (Lipinski definition) is 4. The van der Waals surface area contributed by atoms with Crippen molar-refractivity contribution in [3.8, 4) is 22.7 Å². The number of rotatable bonds is 5. The molecule has 0 bridgehead atoms. The Kier molecular flexibility index (Phi) is 4.75. The Morgan fingerprint density at radius 1 is 1.04 bits per heavy atom. The highest BCUT2D eigenvalue weighted by atomic mass is 16.5. The van der Waals surface area contributed by atoms with Crippen LogP contribution in [0.15, 0.2) is 59.0 Å². The van der Waals surface area contributed by atoms with Crippen molar-refractivity contribution < 1.29 is 13.9 Å². The van der Waals surface area contributed by atoms with Gasteiger partial charge in [-0.3, -0.25) is 4.79 Å². The topological polar surface area (TPSA) is 52.3 Å². The van der Waals surface area contributed by atoms with Crippen LogP contribution in [-0.2, 0) is 16.0 Å². The molecule has 0 saturated heterocycles. The monoisotopic (exact) mass is 321 g/mol. The number of nitrogens with zero attached hydrogens (tertiary/aromatic N) is 1. The van der Waals surface area contributed by atoms with Gasteiger partial charge in [0, 0.05) is 11.1 Å². The van der Waals surface area contributed by atoms with Crippen molar-refractivity contribution in [2.24, 2.45) is 0 Å². The molecule has 0 aliphatic rings. The Labute approximate surface area is 141 Å². The molecule has 0 radical (unpaired) electrons. The van der Waals surface area contributed by atoms with E-state index in [-0.39, 0.29) is 12.4 Å². The SMILES string of the molecule is CCOC(=O)Cc1oc(-c2ccccc2)nc1-c1ccc(C)cc1. The summed E-state index contributed by atoms with van der Waals surface area (Å²) < 4.78 is 10.9. The van der Waals surface area contributed by atoms with Crippen LogP contribution in [0.1, 0.15) is 18.2 Å². The van der Waals surface area contributed by atoms with Crippen LogP contribution in [0.2, 0.25) is 0 Å². The van der Waals surface area contributed by atoms with Gasteiger partial charge < -0.3 is 9.15 Å². The van der Waals surface area contributed by atoms with E-state index >= 15 is 0 Å². The fourth-order valence-corrected chi connectivity index (χ4v) is 2.46. The molecule has 1 aromatic heterocycles. The average molecular weight is 321 g/mol. The molecular weight excluding hydrogens is 302 g/mol. The van der Waals surface area contributed by atoms with E-state index in [0.717, 1.165) is 16.7 Å². The van der Waals surface area contributed by atoms with E-state index in [9.17, 15) is 4.79 Å².